The van der Waals surface area contributed by atoms with Crippen LogP contribution in [0.1, 0.15) is 42.2 Å². The molecule has 1 saturated heterocycles. The zero-order valence-corrected chi connectivity index (χ0v) is 17.3. The second-order valence-corrected chi connectivity index (χ2v) is 8.57. The van der Waals surface area contributed by atoms with Crippen LogP contribution in [-0.2, 0) is 0 Å². The van der Waals surface area contributed by atoms with Crippen LogP contribution in [-0.4, -0.2) is 57.6 Å². The topological polar surface area (TPSA) is 100 Å². The number of piperazine rings is 1. The van der Waals surface area contributed by atoms with Crippen molar-refractivity contribution in [2.75, 3.05) is 36.4 Å². The summed E-state index contributed by atoms with van der Waals surface area (Å²) in [4.78, 5) is 28.8. The van der Waals surface area contributed by atoms with Gasteiger partial charge in [0, 0.05) is 43.8 Å². The molecule has 0 spiro atoms. The van der Waals surface area contributed by atoms with Gasteiger partial charge in [-0.3, -0.25) is 4.79 Å². The Morgan fingerprint density at radius 2 is 1.94 bits per heavy atom. The van der Waals surface area contributed by atoms with Crippen molar-refractivity contribution in [3.63, 3.8) is 0 Å². The third kappa shape index (κ3) is 3.29. The first-order chi connectivity index (χ1) is 15.3. The molecular weight excluding hydrogens is 392 g/mol. The van der Waals surface area contributed by atoms with Gasteiger partial charge in [0.2, 0.25) is 5.95 Å². The summed E-state index contributed by atoms with van der Waals surface area (Å²) in [6.45, 7) is 3.97. The zero-order chi connectivity index (χ0) is 20.8. The fourth-order valence-corrected chi connectivity index (χ4v) is 5.09. The fraction of sp³-hybridized carbons (Fsp3) is 0.455. The van der Waals surface area contributed by atoms with Crippen LogP contribution in [0.2, 0.25) is 0 Å². The van der Waals surface area contributed by atoms with E-state index in [9.17, 15) is 4.79 Å². The first-order valence-electron chi connectivity index (χ1n) is 11.1. The highest BCUT2D eigenvalue weighted by Crippen LogP contribution is 2.36. The molecule has 0 aromatic carbocycles. The fourth-order valence-electron chi connectivity index (χ4n) is 5.09. The molecule has 1 amide bonds. The average molecular weight is 419 g/mol. The molecule has 3 aliphatic rings. The molecule has 3 aromatic heterocycles. The van der Waals surface area contributed by atoms with Gasteiger partial charge in [-0.05, 0) is 31.0 Å². The molecule has 9 heteroatoms. The summed E-state index contributed by atoms with van der Waals surface area (Å²) in [6, 6.07) is 6.39. The molecule has 1 aliphatic carbocycles. The number of aromatic nitrogens is 4. The number of hydrogen-bond acceptors (Lipinski definition) is 7. The van der Waals surface area contributed by atoms with E-state index in [4.69, 9.17) is 4.98 Å². The Kier molecular flexibility index (Phi) is 4.48. The van der Waals surface area contributed by atoms with Crippen molar-refractivity contribution in [1.82, 2.24) is 30.2 Å². The summed E-state index contributed by atoms with van der Waals surface area (Å²) in [6.07, 6.45) is 8.10. The Labute approximate surface area is 180 Å². The van der Waals surface area contributed by atoms with E-state index < -0.39 is 0 Å². The Morgan fingerprint density at radius 3 is 2.77 bits per heavy atom. The number of carbonyl (C=O) groups excluding carboxylic acids is 1. The first-order valence-corrected chi connectivity index (χ1v) is 11.1. The van der Waals surface area contributed by atoms with E-state index in [-0.39, 0.29) is 18.0 Å². The second-order valence-electron chi connectivity index (χ2n) is 8.57. The number of rotatable bonds is 3. The van der Waals surface area contributed by atoms with E-state index >= 15 is 0 Å². The van der Waals surface area contributed by atoms with Gasteiger partial charge in [0.25, 0.3) is 5.91 Å². The lowest BCUT2D eigenvalue weighted by Crippen LogP contribution is -2.48. The normalized spacial score (nSPS) is 23.2. The molecule has 1 saturated carbocycles. The maximum absolute atomic E-state index is 12.6. The molecule has 2 atom stereocenters. The van der Waals surface area contributed by atoms with Gasteiger partial charge in [-0.25, -0.2) is 9.97 Å². The molecule has 0 unspecified atom stereocenters. The molecule has 3 aromatic rings. The molecule has 9 nitrogen and oxygen atoms in total. The van der Waals surface area contributed by atoms with Crippen LogP contribution in [0.15, 0.2) is 30.6 Å². The van der Waals surface area contributed by atoms with E-state index in [1.165, 1.54) is 6.42 Å². The number of nitrogens with zero attached hydrogens (tertiary/aromatic N) is 5. The van der Waals surface area contributed by atoms with Crippen molar-refractivity contribution in [2.24, 2.45) is 0 Å². The highest BCUT2D eigenvalue weighted by molar-refractivity contribution is 5.99. The molecule has 0 bridgehead atoms. The Hall–Kier alpha value is -3.20. The van der Waals surface area contributed by atoms with Crippen LogP contribution in [0.5, 0.6) is 0 Å². The van der Waals surface area contributed by atoms with Crippen LogP contribution in [0.25, 0.3) is 11.0 Å². The van der Waals surface area contributed by atoms with Crippen molar-refractivity contribution in [3.05, 3.63) is 36.3 Å². The minimum absolute atomic E-state index is 0.0131. The third-order valence-corrected chi connectivity index (χ3v) is 6.66. The highest BCUT2D eigenvalue weighted by Gasteiger charge is 2.36. The molecule has 2 fully saturated rings. The number of amides is 1. The largest absolute Gasteiger partial charge is 0.368 e. The molecule has 5 heterocycles. The summed E-state index contributed by atoms with van der Waals surface area (Å²) in [7, 11) is 0. The quantitative estimate of drug-likeness (QED) is 0.600. The third-order valence-electron chi connectivity index (χ3n) is 6.66. The molecule has 160 valence electrons. The minimum Gasteiger partial charge on any atom is -0.368 e. The van der Waals surface area contributed by atoms with Gasteiger partial charge in [0.1, 0.15) is 17.2 Å². The standard InChI is InChI=1S/C22H26N8O/c31-21-18-11-14-12-25-22(28-20(14)30(18)17-4-2-1-3-16(17)26-21)27-19-6-5-15(13-24-19)29-9-7-23-8-10-29/h5-6,11-13,16-17,23H,1-4,7-10H2,(H,26,31)(H,24,25,27,28)/t16-,17-/m0/s1. The zero-order valence-electron chi connectivity index (χ0n) is 17.3. The van der Waals surface area contributed by atoms with Crippen molar-refractivity contribution in [2.45, 2.75) is 37.8 Å². The monoisotopic (exact) mass is 418 g/mol. The summed E-state index contributed by atoms with van der Waals surface area (Å²) >= 11 is 0. The summed E-state index contributed by atoms with van der Waals surface area (Å²) in [5, 5.41) is 10.7. The number of fused-ring (bicyclic) bond motifs is 5. The molecule has 6 rings (SSSR count). The summed E-state index contributed by atoms with van der Waals surface area (Å²) in [5.74, 6) is 1.19. The van der Waals surface area contributed by atoms with Gasteiger partial charge < -0.3 is 25.4 Å². The van der Waals surface area contributed by atoms with E-state index in [2.05, 4.69) is 41.5 Å². The predicted molar refractivity (Wildman–Crippen MR) is 119 cm³/mol. The van der Waals surface area contributed by atoms with Crippen molar-refractivity contribution >= 4 is 34.4 Å². The minimum atomic E-state index is -0.0131. The van der Waals surface area contributed by atoms with Gasteiger partial charge in [-0.15, -0.1) is 0 Å². The molecular formula is C22H26N8O. The van der Waals surface area contributed by atoms with Crippen LogP contribution in [0.4, 0.5) is 17.5 Å². The molecule has 2 aliphatic heterocycles. The SMILES string of the molecule is O=C1N[C@H]2CCCC[C@@H]2n2c1cc1cnc(Nc3ccc(N4CCNCC4)cn3)nc12. The Bertz CT molecular complexity index is 1120. The Morgan fingerprint density at radius 1 is 1.06 bits per heavy atom. The van der Waals surface area contributed by atoms with E-state index in [1.54, 1.807) is 6.20 Å². The van der Waals surface area contributed by atoms with Gasteiger partial charge in [-0.2, -0.15) is 4.98 Å². The lowest BCUT2D eigenvalue weighted by molar-refractivity contribution is 0.0855. The van der Waals surface area contributed by atoms with Gasteiger partial charge in [0.15, 0.2) is 0 Å². The lowest BCUT2D eigenvalue weighted by Gasteiger charge is -2.38. The van der Waals surface area contributed by atoms with Crippen LogP contribution >= 0.6 is 0 Å². The molecule has 31 heavy (non-hydrogen) atoms. The van der Waals surface area contributed by atoms with Crippen molar-refractivity contribution in [1.29, 1.82) is 0 Å². The van der Waals surface area contributed by atoms with Crippen molar-refractivity contribution < 1.29 is 4.79 Å². The smallest absolute Gasteiger partial charge is 0.268 e. The lowest BCUT2D eigenvalue weighted by atomic mass is 9.88. The summed E-state index contributed by atoms with van der Waals surface area (Å²) in [5.41, 5.74) is 2.62. The number of anilines is 3. The van der Waals surface area contributed by atoms with E-state index in [1.807, 2.05) is 18.3 Å². The van der Waals surface area contributed by atoms with Crippen molar-refractivity contribution in [3.8, 4) is 0 Å². The molecule has 0 radical (unpaired) electrons. The van der Waals surface area contributed by atoms with Gasteiger partial charge in [-0.1, -0.05) is 12.8 Å². The van der Waals surface area contributed by atoms with E-state index in [0.29, 0.717) is 17.5 Å². The number of hydrogen-bond donors (Lipinski definition) is 3. The maximum atomic E-state index is 12.6. The number of nitrogens with one attached hydrogen (secondary N) is 3. The maximum Gasteiger partial charge on any atom is 0.268 e. The number of carbonyl (C=O) groups is 1. The second kappa shape index (κ2) is 7.49. The Balaban J connectivity index is 1.29. The van der Waals surface area contributed by atoms with Gasteiger partial charge in [0.05, 0.1) is 17.9 Å². The highest BCUT2D eigenvalue weighted by atomic mass is 16.2. The predicted octanol–water partition coefficient (Wildman–Crippen LogP) is 2.21. The molecule has 3 N–H and O–H groups in total. The van der Waals surface area contributed by atoms with Crippen LogP contribution in [0, 0.1) is 0 Å². The number of pyridine rings is 1. The average Bonchev–Trinajstić information content (AvgIpc) is 3.20. The van der Waals surface area contributed by atoms with Gasteiger partial charge >= 0.3 is 0 Å². The van der Waals surface area contributed by atoms with Crippen LogP contribution < -0.4 is 20.9 Å². The first kappa shape index (κ1) is 18.6. The van der Waals surface area contributed by atoms with E-state index in [0.717, 1.165) is 62.2 Å². The van der Waals surface area contributed by atoms with Crippen LogP contribution in [0.3, 0.4) is 0 Å². The summed E-state index contributed by atoms with van der Waals surface area (Å²) < 4.78 is 2.13.